The highest BCUT2D eigenvalue weighted by Gasteiger charge is 2.32. The molecular weight excluding hydrogens is 366 g/mol. The molecule has 0 unspecified atom stereocenters. The van der Waals surface area contributed by atoms with E-state index in [9.17, 15) is 9.59 Å². The van der Waals surface area contributed by atoms with E-state index in [-0.39, 0.29) is 11.9 Å². The topological polar surface area (TPSA) is 81.7 Å². The summed E-state index contributed by atoms with van der Waals surface area (Å²) in [6, 6.07) is 24.3. The summed E-state index contributed by atoms with van der Waals surface area (Å²) in [4.78, 5) is 26.6. The first-order chi connectivity index (χ1) is 14.2. The van der Waals surface area contributed by atoms with Crippen LogP contribution in [-0.4, -0.2) is 23.1 Å². The Morgan fingerprint density at radius 1 is 0.931 bits per heavy atom. The van der Waals surface area contributed by atoms with Gasteiger partial charge in [-0.1, -0.05) is 54.6 Å². The van der Waals surface area contributed by atoms with Crippen LogP contribution < -0.4 is 15.7 Å². The van der Waals surface area contributed by atoms with Gasteiger partial charge in [0, 0.05) is 18.5 Å². The number of fused-ring (bicyclic) bond motifs is 1. The average Bonchev–Trinajstić information content (AvgIpc) is 2.76. The number of para-hydroxylation sites is 2. The summed E-state index contributed by atoms with van der Waals surface area (Å²) in [7, 11) is 0. The summed E-state index contributed by atoms with van der Waals surface area (Å²) in [5.41, 5.74) is 5.81. The normalized spacial score (nSPS) is 15.4. The highest BCUT2D eigenvalue weighted by atomic mass is 16.5. The number of nitrogens with one attached hydrogen (secondary N) is 2. The van der Waals surface area contributed by atoms with E-state index in [0.29, 0.717) is 18.5 Å². The van der Waals surface area contributed by atoms with Gasteiger partial charge in [-0.05, 0) is 35.4 Å². The summed E-state index contributed by atoms with van der Waals surface area (Å²) in [5.74, 6) is -0.593. The van der Waals surface area contributed by atoms with Crippen LogP contribution in [0.25, 0.3) is 0 Å². The number of hydroxylamine groups is 1. The van der Waals surface area contributed by atoms with Crippen LogP contribution in [0.5, 0.6) is 0 Å². The lowest BCUT2D eigenvalue weighted by Crippen LogP contribution is -2.49. The number of carbonyl (C=O) groups excluding carboxylic acids is 2. The third kappa shape index (κ3) is 3.97. The zero-order chi connectivity index (χ0) is 20.2. The molecule has 6 nitrogen and oxygen atoms in total. The summed E-state index contributed by atoms with van der Waals surface area (Å²) in [6.45, 7) is 0.517. The number of hydrogen-bond donors (Lipinski definition) is 3. The van der Waals surface area contributed by atoms with Gasteiger partial charge in [0.2, 0.25) is 5.91 Å². The van der Waals surface area contributed by atoms with Crippen molar-refractivity contribution in [1.29, 1.82) is 0 Å². The predicted octanol–water partition coefficient (Wildman–Crippen LogP) is 3.38. The number of nitrogens with zero attached hydrogens (tertiary/aromatic N) is 1. The van der Waals surface area contributed by atoms with Crippen molar-refractivity contribution in [3.63, 3.8) is 0 Å². The van der Waals surface area contributed by atoms with E-state index in [1.54, 1.807) is 17.6 Å². The molecule has 0 bridgehead atoms. The molecule has 2 amide bonds. The Morgan fingerprint density at radius 2 is 1.62 bits per heavy atom. The molecular formula is C23H21N3O3. The fourth-order valence-electron chi connectivity index (χ4n) is 3.61. The Balaban J connectivity index is 1.66. The number of anilines is 2. The van der Waals surface area contributed by atoms with Crippen molar-refractivity contribution < 1.29 is 14.8 Å². The van der Waals surface area contributed by atoms with Crippen molar-refractivity contribution in [2.24, 2.45) is 0 Å². The zero-order valence-electron chi connectivity index (χ0n) is 15.7. The largest absolute Gasteiger partial charge is 0.353 e. The SMILES string of the molecule is O=C(NO)c1ccc(CN2c3ccccc3NC(=O)[C@H]2Cc2ccccc2)cc1. The van der Waals surface area contributed by atoms with E-state index in [1.165, 1.54) is 0 Å². The molecule has 29 heavy (non-hydrogen) atoms. The van der Waals surface area contributed by atoms with Gasteiger partial charge >= 0.3 is 0 Å². The van der Waals surface area contributed by atoms with E-state index < -0.39 is 5.91 Å². The highest BCUT2D eigenvalue weighted by Crippen LogP contribution is 2.34. The van der Waals surface area contributed by atoms with Gasteiger partial charge in [0.15, 0.2) is 0 Å². The molecule has 0 spiro atoms. The summed E-state index contributed by atoms with van der Waals surface area (Å²) >= 11 is 0. The standard InChI is InChI=1S/C23H21N3O3/c27-22(25-29)18-12-10-17(11-13-18)15-26-20-9-5-4-8-19(20)24-23(28)21(26)14-16-6-2-1-3-7-16/h1-13,21,29H,14-15H2,(H,24,28)(H,25,27)/t21-/m1/s1. The molecule has 1 atom stereocenters. The van der Waals surface area contributed by atoms with Crippen molar-refractivity contribution in [1.82, 2.24) is 5.48 Å². The second-order valence-electron chi connectivity index (χ2n) is 6.98. The third-order valence-electron chi connectivity index (χ3n) is 5.09. The molecule has 0 radical (unpaired) electrons. The quantitative estimate of drug-likeness (QED) is 0.463. The molecule has 1 aliphatic rings. The zero-order valence-corrected chi connectivity index (χ0v) is 15.7. The van der Waals surface area contributed by atoms with E-state index in [4.69, 9.17) is 5.21 Å². The minimum atomic E-state index is -0.554. The van der Waals surface area contributed by atoms with Gasteiger partial charge in [-0.15, -0.1) is 0 Å². The van der Waals surface area contributed by atoms with Crippen LogP contribution >= 0.6 is 0 Å². The van der Waals surface area contributed by atoms with Crippen molar-refractivity contribution in [3.8, 4) is 0 Å². The number of amides is 2. The first kappa shape index (κ1) is 18.7. The van der Waals surface area contributed by atoms with E-state index in [2.05, 4.69) is 10.2 Å². The molecule has 3 aromatic rings. The fraction of sp³-hybridized carbons (Fsp3) is 0.130. The second-order valence-corrected chi connectivity index (χ2v) is 6.98. The van der Waals surface area contributed by atoms with Gasteiger partial charge in [0.25, 0.3) is 5.91 Å². The van der Waals surface area contributed by atoms with Gasteiger partial charge in [-0.25, -0.2) is 5.48 Å². The lowest BCUT2D eigenvalue weighted by molar-refractivity contribution is -0.117. The smallest absolute Gasteiger partial charge is 0.274 e. The summed E-state index contributed by atoms with van der Waals surface area (Å²) in [5, 5.41) is 11.8. The molecule has 1 aliphatic heterocycles. The minimum absolute atomic E-state index is 0.0381. The van der Waals surface area contributed by atoms with Gasteiger partial charge in [-0.2, -0.15) is 0 Å². The van der Waals surface area contributed by atoms with E-state index in [1.807, 2.05) is 66.7 Å². The lowest BCUT2D eigenvalue weighted by atomic mass is 9.99. The van der Waals surface area contributed by atoms with Crippen LogP contribution in [0.15, 0.2) is 78.9 Å². The van der Waals surface area contributed by atoms with Crippen molar-refractivity contribution in [2.45, 2.75) is 19.0 Å². The van der Waals surface area contributed by atoms with Gasteiger partial charge in [-0.3, -0.25) is 14.8 Å². The molecule has 6 heteroatoms. The molecule has 0 aromatic heterocycles. The van der Waals surface area contributed by atoms with Crippen LogP contribution in [0.2, 0.25) is 0 Å². The van der Waals surface area contributed by atoms with E-state index in [0.717, 1.165) is 22.5 Å². The number of rotatable bonds is 5. The van der Waals surface area contributed by atoms with Gasteiger partial charge in [0.05, 0.1) is 11.4 Å². The molecule has 0 saturated heterocycles. The molecule has 1 heterocycles. The van der Waals surface area contributed by atoms with Crippen molar-refractivity contribution in [2.75, 3.05) is 10.2 Å². The van der Waals surface area contributed by atoms with Gasteiger partial charge < -0.3 is 10.2 Å². The maximum absolute atomic E-state index is 12.9. The minimum Gasteiger partial charge on any atom is -0.353 e. The predicted molar refractivity (Wildman–Crippen MR) is 111 cm³/mol. The van der Waals surface area contributed by atoms with Crippen LogP contribution in [0.3, 0.4) is 0 Å². The summed E-state index contributed by atoms with van der Waals surface area (Å²) < 4.78 is 0. The number of benzene rings is 3. The fourth-order valence-corrected chi connectivity index (χ4v) is 3.61. The Kier molecular flexibility index (Phi) is 5.27. The first-order valence-corrected chi connectivity index (χ1v) is 9.39. The third-order valence-corrected chi connectivity index (χ3v) is 5.09. The number of hydrogen-bond acceptors (Lipinski definition) is 4. The van der Waals surface area contributed by atoms with Crippen molar-refractivity contribution >= 4 is 23.2 Å². The Labute approximate surface area is 168 Å². The first-order valence-electron chi connectivity index (χ1n) is 9.39. The highest BCUT2D eigenvalue weighted by molar-refractivity contribution is 6.03. The second kappa shape index (κ2) is 8.16. The molecule has 3 N–H and O–H groups in total. The van der Waals surface area contributed by atoms with Crippen LogP contribution in [-0.2, 0) is 17.8 Å². The summed E-state index contributed by atoms with van der Waals surface area (Å²) in [6.07, 6.45) is 0.589. The maximum Gasteiger partial charge on any atom is 0.274 e. The van der Waals surface area contributed by atoms with E-state index >= 15 is 0 Å². The van der Waals surface area contributed by atoms with Crippen LogP contribution in [0.1, 0.15) is 21.5 Å². The Hall–Kier alpha value is -3.64. The maximum atomic E-state index is 12.9. The lowest BCUT2D eigenvalue weighted by Gasteiger charge is -2.38. The Bertz CT molecular complexity index is 1020. The molecule has 0 aliphatic carbocycles. The molecule has 3 aromatic carbocycles. The van der Waals surface area contributed by atoms with Crippen LogP contribution in [0.4, 0.5) is 11.4 Å². The molecule has 4 rings (SSSR count). The average molecular weight is 387 g/mol. The molecule has 0 fully saturated rings. The monoisotopic (exact) mass is 387 g/mol. The Morgan fingerprint density at radius 3 is 2.34 bits per heavy atom. The van der Waals surface area contributed by atoms with Crippen LogP contribution in [0, 0.1) is 0 Å². The van der Waals surface area contributed by atoms with Crippen molar-refractivity contribution in [3.05, 3.63) is 95.6 Å². The van der Waals surface area contributed by atoms with Gasteiger partial charge in [0.1, 0.15) is 6.04 Å². The molecule has 146 valence electrons. The molecule has 0 saturated carbocycles. The number of carbonyl (C=O) groups is 2.